The maximum atomic E-state index is 12.3. The quantitative estimate of drug-likeness (QED) is 0.753. The Bertz CT molecular complexity index is 301. The lowest BCUT2D eigenvalue weighted by atomic mass is 9.92. The number of carbonyl (C=O) groups excluding carboxylic acids is 1. The van der Waals surface area contributed by atoms with E-state index >= 15 is 0 Å². The Kier molecular flexibility index (Phi) is 2.67. The van der Waals surface area contributed by atoms with Gasteiger partial charge in [-0.2, -0.15) is 11.8 Å². The summed E-state index contributed by atoms with van der Waals surface area (Å²) in [6, 6.07) is 0.487. The third-order valence-corrected chi connectivity index (χ3v) is 5.60. The molecule has 1 saturated heterocycles. The highest BCUT2D eigenvalue weighted by Gasteiger charge is 2.50. The number of nitrogens with two attached hydrogens (primary N) is 1. The van der Waals surface area contributed by atoms with Crippen LogP contribution in [0.1, 0.15) is 38.5 Å². The molecule has 2 aliphatic carbocycles. The average Bonchev–Trinajstić information content (AvgIpc) is 3.07. The van der Waals surface area contributed by atoms with Gasteiger partial charge in [-0.05, 0) is 25.7 Å². The summed E-state index contributed by atoms with van der Waals surface area (Å²) >= 11 is 2.06. The van der Waals surface area contributed by atoms with Gasteiger partial charge < -0.3 is 10.6 Å². The minimum Gasteiger partial charge on any atom is -0.336 e. The summed E-state index contributed by atoms with van der Waals surface area (Å²) in [5.74, 6) is 1.34. The Balaban J connectivity index is 1.75. The van der Waals surface area contributed by atoms with Crippen LogP contribution >= 0.6 is 11.8 Å². The van der Waals surface area contributed by atoms with Crippen molar-refractivity contribution in [3.63, 3.8) is 0 Å². The van der Waals surface area contributed by atoms with Crippen molar-refractivity contribution in [2.75, 3.05) is 12.3 Å². The number of thioether (sulfide) groups is 1. The topological polar surface area (TPSA) is 46.3 Å². The number of carbonyl (C=O) groups is 1. The Morgan fingerprint density at radius 1 is 1.31 bits per heavy atom. The lowest BCUT2D eigenvalue weighted by molar-refractivity contribution is -0.136. The molecule has 90 valence electrons. The monoisotopic (exact) mass is 240 g/mol. The molecule has 4 heteroatoms. The first-order valence-electron chi connectivity index (χ1n) is 6.42. The summed E-state index contributed by atoms with van der Waals surface area (Å²) in [4.78, 5) is 14.4. The Morgan fingerprint density at radius 2 is 2.06 bits per heavy atom. The first-order chi connectivity index (χ1) is 7.71. The molecule has 3 fully saturated rings. The first kappa shape index (κ1) is 10.9. The molecular formula is C12H20N2OS. The Hall–Kier alpha value is -0.220. The standard InChI is InChI=1S/C12H20N2OS/c13-12(5-6-12)11(15)14-7-8-16-10-4-2-1-3-9(10)14/h9-10H,1-8,13H2. The molecule has 16 heavy (non-hydrogen) atoms. The van der Waals surface area contributed by atoms with E-state index in [1.807, 2.05) is 0 Å². The summed E-state index contributed by atoms with van der Waals surface area (Å²) in [7, 11) is 0. The minimum atomic E-state index is -0.468. The summed E-state index contributed by atoms with van der Waals surface area (Å²) in [6.07, 6.45) is 6.89. The van der Waals surface area contributed by atoms with Crippen molar-refractivity contribution in [3.05, 3.63) is 0 Å². The van der Waals surface area contributed by atoms with Crippen molar-refractivity contribution in [2.45, 2.75) is 55.4 Å². The fourth-order valence-electron chi connectivity index (χ4n) is 2.98. The van der Waals surface area contributed by atoms with Crippen molar-refractivity contribution in [1.29, 1.82) is 0 Å². The molecule has 0 aromatic carbocycles. The molecule has 1 heterocycles. The van der Waals surface area contributed by atoms with Crippen LogP contribution in [0.15, 0.2) is 0 Å². The zero-order valence-electron chi connectivity index (χ0n) is 9.65. The van der Waals surface area contributed by atoms with Crippen molar-refractivity contribution in [3.8, 4) is 0 Å². The predicted octanol–water partition coefficient (Wildman–Crippen LogP) is 1.36. The highest BCUT2D eigenvalue weighted by atomic mass is 32.2. The number of rotatable bonds is 1. The van der Waals surface area contributed by atoms with Crippen LogP contribution in [-0.2, 0) is 4.79 Å². The molecule has 1 aliphatic heterocycles. The van der Waals surface area contributed by atoms with Gasteiger partial charge in [0.1, 0.15) is 0 Å². The fraction of sp³-hybridized carbons (Fsp3) is 0.917. The second kappa shape index (κ2) is 3.91. The van der Waals surface area contributed by atoms with Crippen molar-refractivity contribution in [1.82, 2.24) is 4.90 Å². The number of nitrogens with zero attached hydrogens (tertiary/aromatic N) is 1. The van der Waals surface area contributed by atoms with Crippen LogP contribution in [-0.4, -0.2) is 39.9 Å². The third-order valence-electron chi connectivity index (χ3n) is 4.21. The molecule has 2 atom stereocenters. The average molecular weight is 240 g/mol. The van der Waals surface area contributed by atoms with Gasteiger partial charge in [-0.3, -0.25) is 4.79 Å². The van der Waals surface area contributed by atoms with Gasteiger partial charge in [-0.1, -0.05) is 12.8 Å². The molecule has 0 spiro atoms. The second-order valence-electron chi connectivity index (χ2n) is 5.42. The van der Waals surface area contributed by atoms with E-state index in [2.05, 4.69) is 16.7 Å². The molecule has 3 aliphatic rings. The molecule has 2 N–H and O–H groups in total. The maximum absolute atomic E-state index is 12.3. The number of hydrogen-bond donors (Lipinski definition) is 1. The normalized spacial score (nSPS) is 36.7. The van der Waals surface area contributed by atoms with E-state index in [0.717, 1.165) is 25.1 Å². The number of fused-ring (bicyclic) bond motifs is 1. The summed E-state index contributed by atoms with van der Waals surface area (Å²) in [5, 5.41) is 0.689. The largest absolute Gasteiger partial charge is 0.336 e. The van der Waals surface area contributed by atoms with Crippen LogP contribution in [0.3, 0.4) is 0 Å². The summed E-state index contributed by atoms with van der Waals surface area (Å²) in [6.45, 7) is 0.920. The van der Waals surface area contributed by atoms with E-state index in [1.165, 1.54) is 25.7 Å². The van der Waals surface area contributed by atoms with E-state index < -0.39 is 5.54 Å². The SMILES string of the molecule is NC1(C(=O)N2CCSC3CCCCC32)CC1. The van der Waals surface area contributed by atoms with E-state index in [-0.39, 0.29) is 5.91 Å². The van der Waals surface area contributed by atoms with Crippen LogP contribution in [0.5, 0.6) is 0 Å². The molecule has 3 nitrogen and oxygen atoms in total. The lowest BCUT2D eigenvalue weighted by Gasteiger charge is -2.44. The molecule has 0 aromatic rings. The zero-order chi connectivity index (χ0) is 11.2. The van der Waals surface area contributed by atoms with Gasteiger partial charge in [-0.25, -0.2) is 0 Å². The lowest BCUT2D eigenvalue weighted by Crippen LogP contribution is -2.57. The van der Waals surface area contributed by atoms with E-state index in [4.69, 9.17) is 5.73 Å². The molecule has 3 rings (SSSR count). The van der Waals surface area contributed by atoms with Crippen molar-refractivity contribution < 1.29 is 4.79 Å². The number of hydrogen-bond acceptors (Lipinski definition) is 3. The molecule has 1 amide bonds. The molecular weight excluding hydrogens is 220 g/mol. The second-order valence-corrected chi connectivity index (χ2v) is 6.76. The predicted molar refractivity (Wildman–Crippen MR) is 66.4 cm³/mol. The van der Waals surface area contributed by atoms with Crippen LogP contribution in [0.4, 0.5) is 0 Å². The van der Waals surface area contributed by atoms with E-state index in [9.17, 15) is 4.79 Å². The number of amides is 1. The van der Waals surface area contributed by atoms with Crippen molar-refractivity contribution >= 4 is 17.7 Å². The third kappa shape index (κ3) is 1.76. The fourth-order valence-corrected chi connectivity index (χ4v) is 4.43. The smallest absolute Gasteiger partial charge is 0.242 e. The van der Waals surface area contributed by atoms with Gasteiger partial charge in [0.15, 0.2) is 0 Å². The molecule has 0 radical (unpaired) electrons. The van der Waals surface area contributed by atoms with E-state index in [0.29, 0.717) is 11.3 Å². The summed E-state index contributed by atoms with van der Waals surface area (Å²) in [5.41, 5.74) is 5.58. The van der Waals surface area contributed by atoms with Gasteiger partial charge in [0, 0.05) is 23.6 Å². The van der Waals surface area contributed by atoms with Gasteiger partial charge >= 0.3 is 0 Å². The van der Waals surface area contributed by atoms with Crippen molar-refractivity contribution in [2.24, 2.45) is 5.73 Å². The van der Waals surface area contributed by atoms with Gasteiger partial charge in [-0.15, -0.1) is 0 Å². The Morgan fingerprint density at radius 3 is 2.81 bits per heavy atom. The highest BCUT2D eigenvalue weighted by Crippen LogP contribution is 2.40. The maximum Gasteiger partial charge on any atom is 0.242 e. The van der Waals surface area contributed by atoms with Gasteiger partial charge in [0.25, 0.3) is 0 Å². The van der Waals surface area contributed by atoms with Crippen LogP contribution < -0.4 is 5.73 Å². The summed E-state index contributed by atoms with van der Waals surface area (Å²) < 4.78 is 0. The molecule has 0 aromatic heterocycles. The zero-order valence-corrected chi connectivity index (χ0v) is 10.5. The minimum absolute atomic E-state index is 0.240. The van der Waals surface area contributed by atoms with Crippen LogP contribution in [0, 0.1) is 0 Å². The van der Waals surface area contributed by atoms with Gasteiger partial charge in [0.2, 0.25) is 5.91 Å². The van der Waals surface area contributed by atoms with Crippen LogP contribution in [0.25, 0.3) is 0 Å². The first-order valence-corrected chi connectivity index (χ1v) is 7.47. The Labute approximate surface area is 101 Å². The van der Waals surface area contributed by atoms with Gasteiger partial charge in [0.05, 0.1) is 5.54 Å². The van der Waals surface area contributed by atoms with E-state index in [1.54, 1.807) is 0 Å². The molecule has 2 saturated carbocycles. The highest BCUT2D eigenvalue weighted by molar-refractivity contribution is 8.00. The molecule has 0 bridgehead atoms. The molecule has 2 unspecified atom stereocenters. The van der Waals surface area contributed by atoms with Crippen LogP contribution in [0.2, 0.25) is 0 Å².